The SMILES string of the molecule is O=C(Nc1ccc(F)cc1-c1cc(F)cc(F)c1)OC[C@H]1CCNC1. The van der Waals surface area contributed by atoms with Gasteiger partial charge in [-0.3, -0.25) is 5.32 Å². The van der Waals surface area contributed by atoms with Crippen molar-refractivity contribution in [1.82, 2.24) is 5.32 Å². The van der Waals surface area contributed by atoms with Crippen molar-refractivity contribution in [2.45, 2.75) is 6.42 Å². The van der Waals surface area contributed by atoms with Gasteiger partial charge in [-0.05, 0) is 48.9 Å². The van der Waals surface area contributed by atoms with Crippen LogP contribution in [-0.2, 0) is 4.74 Å². The third-order valence-electron chi connectivity index (χ3n) is 4.00. The van der Waals surface area contributed by atoms with Gasteiger partial charge in [-0.1, -0.05) is 0 Å². The van der Waals surface area contributed by atoms with Gasteiger partial charge in [0.15, 0.2) is 0 Å². The van der Waals surface area contributed by atoms with E-state index in [9.17, 15) is 18.0 Å². The first-order valence-electron chi connectivity index (χ1n) is 7.92. The average Bonchev–Trinajstić information content (AvgIpc) is 3.07. The highest BCUT2D eigenvalue weighted by atomic mass is 19.1. The highest BCUT2D eigenvalue weighted by Gasteiger charge is 2.17. The summed E-state index contributed by atoms with van der Waals surface area (Å²) in [6.07, 6.45) is 0.231. The van der Waals surface area contributed by atoms with E-state index in [1.165, 1.54) is 6.07 Å². The number of benzene rings is 2. The van der Waals surface area contributed by atoms with Gasteiger partial charge in [0.05, 0.1) is 12.3 Å². The van der Waals surface area contributed by atoms with Crippen molar-refractivity contribution in [2.24, 2.45) is 5.92 Å². The molecule has 0 saturated carbocycles. The third kappa shape index (κ3) is 4.51. The highest BCUT2D eigenvalue weighted by Crippen LogP contribution is 2.30. The Balaban J connectivity index is 1.77. The lowest BCUT2D eigenvalue weighted by molar-refractivity contribution is 0.144. The standard InChI is InChI=1S/C18H17F3N2O2/c19-13-1-2-17(23-18(24)25-10-11-3-4-22-9-11)16(8-13)12-5-14(20)7-15(21)6-12/h1-2,5-8,11,22H,3-4,9-10H2,(H,23,24)/t11-/m0/s1. The molecular weight excluding hydrogens is 333 g/mol. The van der Waals surface area contributed by atoms with Crippen molar-refractivity contribution in [2.75, 3.05) is 25.0 Å². The monoisotopic (exact) mass is 350 g/mol. The first-order valence-corrected chi connectivity index (χ1v) is 7.92. The second-order valence-electron chi connectivity index (χ2n) is 5.93. The molecule has 1 atom stereocenters. The van der Waals surface area contributed by atoms with E-state index in [1.807, 2.05) is 0 Å². The van der Waals surface area contributed by atoms with Crippen molar-refractivity contribution < 1.29 is 22.7 Å². The summed E-state index contributed by atoms with van der Waals surface area (Å²) < 4.78 is 45.7. The number of nitrogens with one attached hydrogen (secondary N) is 2. The number of carbonyl (C=O) groups excluding carboxylic acids is 1. The second kappa shape index (κ2) is 7.57. The third-order valence-corrected chi connectivity index (χ3v) is 4.00. The van der Waals surface area contributed by atoms with Crippen molar-refractivity contribution >= 4 is 11.8 Å². The molecule has 2 aromatic carbocycles. The molecule has 132 valence electrons. The summed E-state index contributed by atoms with van der Waals surface area (Å²) in [5.41, 5.74) is 0.492. The topological polar surface area (TPSA) is 50.4 Å². The lowest BCUT2D eigenvalue weighted by atomic mass is 10.0. The van der Waals surface area contributed by atoms with E-state index in [-0.39, 0.29) is 29.3 Å². The van der Waals surface area contributed by atoms with Crippen molar-refractivity contribution in [1.29, 1.82) is 0 Å². The van der Waals surface area contributed by atoms with Crippen LogP contribution in [0.5, 0.6) is 0 Å². The van der Waals surface area contributed by atoms with Crippen molar-refractivity contribution in [3.05, 3.63) is 53.8 Å². The summed E-state index contributed by atoms with van der Waals surface area (Å²) in [4.78, 5) is 12.0. The minimum Gasteiger partial charge on any atom is -0.449 e. The van der Waals surface area contributed by atoms with E-state index in [0.29, 0.717) is 0 Å². The fourth-order valence-corrected chi connectivity index (χ4v) is 2.77. The zero-order valence-electron chi connectivity index (χ0n) is 13.3. The Hall–Kier alpha value is -2.54. The van der Waals surface area contributed by atoms with Crippen LogP contribution in [0.1, 0.15) is 6.42 Å². The zero-order chi connectivity index (χ0) is 17.8. The Morgan fingerprint density at radius 3 is 2.56 bits per heavy atom. The lowest BCUT2D eigenvalue weighted by Gasteiger charge is -2.14. The molecule has 1 saturated heterocycles. The Labute approximate surface area is 143 Å². The van der Waals surface area contributed by atoms with Gasteiger partial charge in [0.1, 0.15) is 17.5 Å². The van der Waals surface area contributed by atoms with E-state index < -0.39 is 23.5 Å². The molecule has 0 unspecified atom stereocenters. The Morgan fingerprint density at radius 2 is 1.88 bits per heavy atom. The molecule has 25 heavy (non-hydrogen) atoms. The minimum atomic E-state index is -0.790. The number of hydrogen-bond donors (Lipinski definition) is 2. The fourth-order valence-electron chi connectivity index (χ4n) is 2.77. The second-order valence-corrected chi connectivity index (χ2v) is 5.93. The zero-order valence-corrected chi connectivity index (χ0v) is 13.3. The number of carbonyl (C=O) groups is 1. The molecule has 1 fully saturated rings. The number of ether oxygens (including phenoxy) is 1. The molecule has 3 rings (SSSR count). The van der Waals surface area contributed by atoms with E-state index >= 15 is 0 Å². The van der Waals surface area contributed by atoms with Crippen molar-refractivity contribution in [3.8, 4) is 11.1 Å². The van der Waals surface area contributed by atoms with Crippen LogP contribution in [0.15, 0.2) is 36.4 Å². The number of hydrogen-bond acceptors (Lipinski definition) is 3. The van der Waals surface area contributed by atoms with Crippen LogP contribution >= 0.6 is 0 Å². The molecule has 0 spiro atoms. The summed E-state index contributed by atoms with van der Waals surface area (Å²) >= 11 is 0. The summed E-state index contributed by atoms with van der Waals surface area (Å²) in [6.45, 7) is 1.95. The van der Waals surface area contributed by atoms with Crippen LogP contribution in [0.3, 0.4) is 0 Å². The molecule has 0 radical (unpaired) electrons. The Bertz CT molecular complexity index is 757. The fraction of sp³-hybridized carbons (Fsp3) is 0.278. The van der Waals surface area contributed by atoms with Gasteiger partial charge in [-0.2, -0.15) is 0 Å². The molecule has 0 aromatic heterocycles. The normalized spacial score (nSPS) is 16.7. The molecule has 0 bridgehead atoms. The molecule has 4 nitrogen and oxygen atoms in total. The first kappa shape index (κ1) is 17.3. The van der Waals surface area contributed by atoms with Crippen LogP contribution in [0.4, 0.5) is 23.7 Å². The molecule has 1 aliphatic heterocycles. The summed E-state index contributed by atoms with van der Waals surface area (Å²) in [7, 11) is 0. The Kier molecular flexibility index (Phi) is 5.23. The van der Waals surface area contributed by atoms with Gasteiger partial charge in [0, 0.05) is 24.1 Å². The van der Waals surface area contributed by atoms with Crippen LogP contribution in [0, 0.1) is 23.4 Å². The Morgan fingerprint density at radius 1 is 1.12 bits per heavy atom. The smallest absolute Gasteiger partial charge is 0.411 e. The van der Waals surface area contributed by atoms with Gasteiger partial charge < -0.3 is 10.1 Å². The average molecular weight is 350 g/mol. The van der Waals surface area contributed by atoms with E-state index in [1.54, 1.807) is 0 Å². The van der Waals surface area contributed by atoms with Crippen LogP contribution in [-0.4, -0.2) is 25.8 Å². The maximum absolute atomic E-state index is 13.6. The van der Waals surface area contributed by atoms with Crippen LogP contribution < -0.4 is 10.6 Å². The molecule has 1 amide bonds. The largest absolute Gasteiger partial charge is 0.449 e. The number of anilines is 1. The summed E-state index contributed by atoms with van der Waals surface area (Å²) in [6, 6.07) is 6.43. The lowest BCUT2D eigenvalue weighted by Crippen LogP contribution is -2.20. The maximum atomic E-state index is 13.6. The quantitative estimate of drug-likeness (QED) is 0.878. The molecular formula is C18H17F3N2O2. The maximum Gasteiger partial charge on any atom is 0.411 e. The van der Waals surface area contributed by atoms with Crippen molar-refractivity contribution in [3.63, 3.8) is 0 Å². The predicted octanol–water partition coefficient (Wildman–Crippen LogP) is 3.93. The van der Waals surface area contributed by atoms with E-state index in [2.05, 4.69) is 10.6 Å². The number of amides is 1. The molecule has 2 N–H and O–H groups in total. The predicted molar refractivity (Wildman–Crippen MR) is 87.7 cm³/mol. The molecule has 1 aliphatic rings. The number of rotatable bonds is 4. The highest BCUT2D eigenvalue weighted by molar-refractivity contribution is 5.91. The van der Waals surface area contributed by atoms with Gasteiger partial charge in [-0.15, -0.1) is 0 Å². The van der Waals surface area contributed by atoms with Gasteiger partial charge in [0.2, 0.25) is 0 Å². The minimum absolute atomic E-state index is 0.118. The van der Waals surface area contributed by atoms with Gasteiger partial charge >= 0.3 is 6.09 Å². The van der Waals surface area contributed by atoms with E-state index in [0.717, 1.165) is 49.8 Å². The van der Waals surface area contributed by atoms with Crippen LogP contribution in [0.2, 0.25) is 0 Å². The number of halogens is 3. The first-order chi connectivity index (χ1) is 12.0. The molecule has 2 aromatic rings. The molecule has 0 aliphatic carbocycles. The summed E-state index contributed by atoms with van der Waals surface area (Å²) in [5, 5.41) is 5.67. The molecule has 1 heterocycles. The van der Waals surface area contributed by atoms with Gasteiger partial charge in [-0.25, -0.2) is 18.0 Å². The van der Waals surface area contributed by atoms with Gasteiger partial charge in [0.25, 0.3) is 0 Å². The van der Waals surface area contributed by atoms with Crippen LogP contribution in [0.25, 0.3) is 11.1 Å². The summed E-state index contributed by atoms with van der Waals surface area (Å²) in [5.74, 6) is -1.91. The molecule has 7 heteroatoms. The van der Waals surface area contributed by atoms with E-state index in [4.69, 9.17) is 4.74 Å².